The summed E-state index contributed by atoms with van der Waals surface area (Å²) < 4.78 is 9.00. The number of para-hydroxylation sites is 3. The van der Waals surface area contributed by atoms with Crippen LogP contribution in [0.1, 0.15) is 22.3 Å². The lowest BCUT2D eigenvalue weighted by Crippen LogP contribution is -2.36. The molecule has 0 fully saturated rings. The average molecular weight is 821 g/mol. The average Bonchev–Trinajstić information content (AvgIpc) is 3.88. The van der Waals surface area contributed by atoms with Gasteiger partial charge in [0.1, 0.15) is 11.2 Å². The quantitative estimate of drug-likeness (QED) is 0.176. The van der Waals surface area contributed by atoms with Crippen molar-refractivity contribution in [2.24, 2.45) is 0 Å². The maximum atomic E-state index is 6.59. The maximum Gasteiger partial charge on any atom is 0.137 e. The van der Waals surface area contributed by atoms with E-state index in [-0.39, 0.29) is 0 Å². The van der Waals surface area contributed by atoms with Crippen molar-refractivity contribution >= 4 is 83.3 Å². The summed E-state index contributed by atoms with van der Waals surface area (Å²) in [6.07, 6.45) is 0. The van der Waals surface area contributed by atoms with Crippen molar-refractivity contribution < 1.29 is 4.42 Å². The van der Waals surface area contributed by atoms with Gasteiger partial charge in [0.15, 0.2) is 0 Å². The second-order valence-corrected chi connectivity index (χ2v) is 17.9. The molecule has 1 unspecified atom stereocenters. The minimum atomic E-state index is -0.574. The summed E-state index contributed by atoms with van der Waals surface area (Å²) in [5.41, 5.74) is 15.6. The molecule has 1 aliphatic carbocycles. The Kier molecular flexibility index (Phi) is 7.26. The predicted molar refractivity (Wildman–Crippen MR) is 262 cm³/mol. The molecule has 0 saturated carbocycles. The highest BCUT2D eigenvalue weighted by Gasteiger charge is 2.48. The highest BCUT2D eigenvalue weighted by molar-refractivity contribution is 7.99. The molecule has 0 saturated heterocycles. The lowest BCUT2D eigenvalue weighted by molar-refractivity contribution is 0.669. The molecule has 10 aromatic carbocycles. The van der Waals surface area contributed by atoms with Gasteiger partial charge in [0.2, 0.25) is 0 Å². The Morgan fingerprint density at radius 1 is 0.397 bits per heavy atom. The molecule has 294 valence electrons. The van der Waals surface area contributed by atoms with Gasteiger partial charge in [-0.1, -0.05) is 151 Å². The van der Waals surface area contributed by atoms with E-state index in [0.29, 0.717) is 0 Å². The van der Waals surface area contributed by atoms with Gasteiger partial charge in [0, 0.05) is 60.2 Å². The largest absolute Gasteiger partial charge is 0.456 e. The van der Waals surface area contributed by atoms with Crippen LogP contribution in [-0.4, -0.2) is 4.57 Å². The number of anilines is 3. The molecular weight excluding hydrogens is 785 g/mol. The van der Waals surface area contributed by atoms with E-state index in [1.54, 1.807) is 0 Å². The fourth-order valence-electron chi connectivity index (χ4n) is 11.1. The molecule has 3 heterocycles. The van der Waals surface area contributed by atoms with Crippen LogP contribution in [0.3, 0.4) is 0 Å². The summed E-state index contributed by atoms with van der Waals surface area (Å²) in [6, 6.07) is 80.5. The van der Waals surface area contributed by atoms with E-state index in [4.69, 9.17) is 4.42 Å². The number of fused-ring (bicyclic) bond motifs is 14. The summed E-state index contributed by atoms with van der Waals surface area (Å²) in [5.74, 6) is 0. The first-order valence-corrected chi connectivity index (χ1v) is 22.4. The Bertz CT molecular complexity index is 3860. The highest BCUT2D eigenvalue weighted by Crippen LogP contribution is 2.62. The van der Waals surface area contributed by atoms with Crippen molar-refractivity contribution in [2.45, 2.75) is 15.2 Å². The van der Waals surface area contributed by atoms with Crippen LogP contribution in [0.2, 0.25) is 0 Å². The molecule has 14 rings (SSSR count). The van der Waals surface area contributed by atoms with Gasteiger partial charge in [-0.3, -0.25) is 0 Å². The Labute approximate surface area is 368 Å². The normalized spacial score (nSPS) is 15.0. The number of furan rings is 1. The zero-order valence-electron chi connectivity index (χ0n) is 34.0. The molecule has 12 aromatic rings. The topological polar surface area (TPSA) is 21.3 Å². The zero-order chi connectivity index (χ0) is 41.2. The number of aromatic nitrogens is 1. The van der Waals surface area contributed by atoms with E-state index >= 15 is 0 Å². The fraction of sp³-hybridized carbons (Fsp3) is 0.0169. The van der Waals surface area contributed by atoms with Gasteiger partial charge in [-0.2, -0.15) is 0 Å². The van der Waals surface area contributed by atoms with Crippen molar-refractivity contribution in [2.75, 3.05) is 4.90 Å². The summed E-state index contributed by atoms with van der Waals surface area (Å²) in [5, 5.41) is 7.26. The lowest BCUT2D eigenvalue weighted by atomic mass is 9.59. The summed E-state index contributed by atoms with van der Waals surface area (Å²) >= 11 is 1.88. The standard InChI is InChI=1S/C59H36N2OS/c1-2-16-38(17-3-1)61-52-25-9-5-19-43(52)44-31-28-40(35-53(44)61)60(41-29-32-46-45-20-6-10-26-54(45)62-55(46)36-41)39-30-33-57-51(34-39)59(49-23-8-11-27-56(49)63-57)48-22-7-4-18-42(48)47-21-12-14-37-15-13-24-50(59)58(37)47/h1-36H. The molecule has 1 atom stereocenters. The summed E-state index contributed by atoms with van der Waals surface area (Å²) in [4.78, 5) is 4.98. The van der Waals surface area contributed by atoms with Crippen LogP contribution in [0.4, 0.5) is 17.1 Å². The van der Waals surface area contributed by atoms with Gasteiger partial charge in [0.05, 0.1) is 16.4 Å². The molecule has 0 bridgehead atoms. The molecule has 3 nitrogen and oxygen atoms in total. The molecular formula is C59H36N2OS. The Balaban J connectivity index is 1.07. The molecule has 1 aliphatic heterocycles. The van der Waals surface area contributed by atoms with Gasteiger partial charge >= 0.3 is 0 Å². The van der Waals surface area contributed by atoms with Crippen LogP contribution in [0, 0.1) is 0 Å². The van der Waals surface area contributed by atoms with Crippen LogP contribution in [-0.2, 0) is 5.41 Å². The van der Waals surface area contributed by atoms with E-state index in [2.05, 4.69) is 222 Å². The van der Waals surface area contributed by atoms with Crippen LogP contribution in [0.25, 0.3) is 71.3 Å². The van der Waals surface area contributed by atoms with Crippen molar-refractivity contribution in [1.82, 2.24) is 4.57 Å². The number of hydrogen-bond acceptors (Lipinski definition) is 3. The third kappa shape index (κ3) is 4.81. The SMILES string of the molecule is c1ccc(-n2c3ccccc3c3ccc(N(c4ccc5c(c4)C4(c6ccccc6S5)c5ccccc5-c5cccc6cccc4c56)c4ccc5c(c4)oc4ccccc45)cc32)cc1. The van der Waals surface area contributed by atoms with Crippen molar-refractivity contribution in [3.63, 3.8) is 0 Å². The third-order valence-corrected chi connectivity index (χ3v) is 14.8. The predicted octanol–water partition coefficient (Wildman–Crippen LogP) is 16.1. The van der Waals surface area contributed by atoms with Crippen molar-refractivity contribution in [3.8, 4) is 16.8 Å². The molecule has 1 spiro atoms. The van der Waals surface area contributed by atoms with Gasteiger partial charge in [-0.05, 0) is 117 Å². The molecule has 63 heavy (non-hydrogen) atoms. The van der Waals surface area contributed by atoms with E-state index in [1.165, 1.54) is 70.2 Å². The molecule has 0 amide bonds. The minimum Gasteiger partial charge on any atom is -0.456 e. The summed E-state index contributed by atoms with van der Waals surface area (Å²) in [6.45, 7) is 0. The Hall–Kier alpha value is -7.79. The second kappa shape index (κ2) is 13.1. The van der Waals surface area contributed by atoms with Gasteiger partial charge < -0.3 is 13.9 Å². The first-order chi connectivity index (χ1) is 31.2. The smallest absolute Gasteiger partial charge is 0.137 e. The first kappa shape index (κ1) is 34.9. The Morgan fingerprint density at radius 3 is 1.92 bits per heavy atom. The van der Waals surface area contributed by atoms with Gasteiger partial charge in [0.25, 0.3) is 0 Å². The first-order valence-electron chi connectivity index (χ1n) is 21.6. The van der Waals surface area contributed by atoms with Crippen LogP contribution in [0.5, 0.6) is 0 Å². The lowest BCUT2D eigenvalue weighted by Gasteiger charge is -2.46. The van der Waals surface area contributed by atoms with E-state index in [1.807, 2.05) is 17.8 Å². The monoisotopic (exact) mass is 820 g/mol. The van der Waals surface area contributed by atoms with Crippen molar-refractivity contribution in [1.29, 1.82) is 0 Å². The van der Waals surface area contributed by atoms with Gasteiger partial charge in [-0.25, -0.2) is 0 Å². The maximum absolute atomic E-state index is 6.59. The van der Waals surface area contributed by atoms with Gasteiger partial charge in [-0.15, -0.1) is 0 Å². The molecule has 0 radical (unpaired) electrons. The van der Waals surface area contributed by atoms with Crippen LogP contribution < -0.4 is 4.90 Å². The molecule has 4 heteroatoms. The van der Waals surface area contributed by atoms with Crippen LogP contribution >= 0.6 is 11.8 Å². The number of benzene rings is 10. The van der Waals surface area contributed by atoms with E-state index in [0.717, 1.165) is 50.2 Å². The molecule has 2 aromatic heterocycles. The van der Waals surface area contributed by atoms with E-state index < -0.39 is 5.41 Å². The Morgan fingerprint density at radius 2 is 1.02 bits per heavy atom. The zero-order valence-corrected chi connectivity index (χ0v) is 34.8. The molecule has 2 aliphatic rings. The van der Waals surface area contributed by atoms with E-state index in [9.17, 15) is 0 Å². The fourth-order valence-corrected chi connectivity index (χ4v) is 12.2. The van der Waals surface area contributed by atoms with Crippen molar-refractivity contribution in [3.05, 3.63) is 241 Å². The second-order valence-electron chi connectivity index (χ2n) is 16.8. The molecule has 0 N–H and O–H groups in total. The van der Waals surface area contributed by atoms with Crippen LogP contribution in [0.15, 0.2) is 233 Å². The summed E-state index contributed by atoms with van der Waals surface area (Å²) in [7, 11) is 0. The number of rotatable bonds is 4. The number of nitrogens with zero attached hydrogens (tertiary/aromatic N) is 2. The third-order valence-electron chi connectivity index (χ3n) is 13.6. The highest BCUT2D eigenvalue weighted by atomic mass is 32.2. The number of hydrogen-bond donors (Lipinski definition) is 0. The minimum absolute atomic E-state index is 0.574.